The van der Waals surface area contributed by atoms with Crippen LogP contribution in [0.2, 0.25) is 0 Å². The number of fused-ring (bicyclic) bond motifs is 1. The second-order valence-electron chi connectivity index (χ2n) is 4.58. The molecule has 0 aliphatic carbocycles. The molecule has 1 unspecified atom stereocenters. The minimum atomic E-state index is -0.492. The molecule has 0 aliphatic rings. The van der Waals surface area contributed by atoms with Crippen LogP contribution in [0.25, 0.3) is 10.9 Å². The maximum Gasteiger partial charge on any atom is 0.293 e. The Labute approximate surface area is 125 Å². The van der Waals surface area contributed by atoms with Gasteiger partial charge in [-0.15, -0.1) is 0 Å². The quantitative estimate of drug-likeness (QED) is 0.627. The summed E-state index contributed by atoms with van der Waals surface area (Å²) >= 11 is 1.75. The molecular formula is C13H16N4O3S. The minimum absolute atomic E-state index is 0.0769. The van der Waals surface area contributed by atoms with E-state index in [4.69, 9.17) is 0 Å². The second kappa shape index (κ2) is 6.57. The average Bonchev–Trinajstić information content (AvgIpc) is 2.44. The Balaban J connectivity index is 2.44. The third kappa shape index (κ3) is 3.52. The molecule has 0 amide bonds. The van der Waals surface area contributed by atoms with Crippen LogP contribution < -0.4 is 10.9 Å². The fourth-order valence-corrected chi connectivity index (χ4v) is 2.64. The van der Waals surface area contributed by atoms with Crippen LogP contribution in [-0.4, -0.2) is 32.4 Å². The smallest absolute Gasteiger partial charge is 0.293 e. The molecule has 112 valence electrons. The molecule has 0 spiro atoms. The van der Waals surface area contributed by atoms with Crippen LogP contribution in [0.5, 0.6) is 0 Å². The Kier molecular flexibility index (Phi) is 4.79. The summed E-state index contributed by atoms with van der Waals surface area (Å²) in [7, 11) is 0. The van der Waals surface area contributed by atoms with Gasteiger partial charge in [0.2, 0.25) is 0 Å². The van der Waals surface area contributed by atoms with Crippen LogP contribution in [0, 0.1) is 10.1 Å². The van der Waals surface area contributed by atoms with Gasteiger partial charge in [0.25, 0.3) is 11.2 Å². The van der Waals surface area contributed by atoms with Crippen molar-refractivity contribution in [3.8, 4) is 0 Å². The van der Waals surface area contributed by atoms with E-state index in [-0.39, 0.29) is 22.7 Å². The monoisotopic (exact) mass is 308 g/mol. The molecule has 1 aromatic heterocycles. The zero-order chi connectivity index (χ0) is 15.4. The molecule has 1 heterocycles. The highest BCUT2D eigenvalue weighted by molar-refractivity contribution is 7.99. The van der Waals surface area contributed by atoms with Crippen molar-refractivity contribution < 1.29 is 4.92 Å². The van der Waals surface area contributed by atoms with E-state index in [1.165, 1.54) is 12.4 Å². The fraction of sp³-hybridized carbons (Fsp3) is 0.385. The summed E-state index contributed by atoms with van der Waals surface area (Å²) in [5.74, 6) is 1.83. The number of nitro groups is 1. The Morgan fingerprint density at radius 3 is 2.95 bits per heavy atom. The number of anilines is 1. The van der Waals surface area contributed by atoms with Crippen molar-refractivity contribution in [1.29, 1.82) is 0 Å². The number of nitro benzene ring substituents is 1. The van der Waals surface area contributed by atoms with Gasteiger partial charge in [-0.2, -0.15) is 11.8 Å². The molecule has 0 saturated carbocycles. The van der Waals surface area contributed by atoms with Gasteiger partial charge in [-0.1, -0.05) is 6.92 Å². The number of benzene rings is 1. The van der Waals surface area contributed by atoms with Gasteiger partial charge in [0.1, 0.15) is 5.69 Å². The van der Waals surface area contributed by atoms with Crippen molar-refractivity contribution >= 4 is 34.0 Å². The standard InChI is InChI=1S/C13H16N4O3S/c1-3-21-6-8(2)16-11-5-10-9(4-12(11)17(19)20)13(18)15-7-14-10/h4-5,7-8,16H,3,6H2,1-2H3,(H,14,15,18). The predicted molar refractivity (Wildman–Crippen MR) is 85.1 cm³/mol. The molecule has 8 heteroatoms. The van der Waals surface area contributed by atoms with Gasteiger partial charge < -0.3 is 10.3 Å². The lowest BCUT2D eigenvalue weighted by molar-refractivity contribution is -0.383. The number of H-pyrrole nitrogens is 1. The molecule has 1 atom stereocenters. The lowest BCUT2D eigenvalue weighted by atomic mass is 10.2. The highest BCUT2D eigenvalue weighted by atomic mass is 32.2. The summed E-state index contributed by atoms with van der Waals surface area (Å²) in [5.41, 5.74) is 0.315. The highest BCUT2D eigenvalue weighted by Crippen LogP contribution is 2.28. The molecule has 7 nitrogen and oxygen atoms in total. The van der Waals surface area contributed by atoms with Crippen LogP contribution in [0.15, 0.2) is 23.3 Å². The van der Waals surface area contributed by atoms with E-state index in [2.05, 4.69) is 22.2 Å². The summed E-state index contributed by atoms with van der Waals surface area (Å²) in [6, 6.07) is 2.90. The zero-order valence-electron chi connectivity index (χ0n) is 11.8. The Bertz CT molecular complexity index is 716. The van der Waals surface area contributed by atoms with E-state index >= 15 is 0 Å². The van der Waals surface area contributed by atoms with Crippen molar-refractivity contribution in [3.63, 3.8) is 0 Å². The summed E-state index contributed by atoms with van der Waals surface area (Å²) < 4.78 is 0. The van der Waals surface area contributed by atoms with E-state index < -0.39 is 4.92 Å². The van der Waals surface area contributed by atoms with Crippen molar-refractivity contribution in [3.05, 3.63) is 38.9 Å². The third-order valence-electron chi connectivity index (χ3n) is 2.93. The molecule has 1 aromatic carbocycles. The van der Waals surface area contributed by atoms with Crippen molar-refractivity contribution in [1.82, 2.24) is 9.97 Å². The number of nitrogens with zero attached hydrogens (tertiary/aromatic N) is 2. The molecule has 2 aromatic rings. The molecule has 0 fully saturated rings. The maximum atomic E-state index is 11.7. The maximum absolute atomic E-state index is 11.7. The van der Waals surface area contributed by atoms with Gasteiger partial charge in [-0.05, 0) is 18.7 Å². The largest absolute Gasteiger partial charge is 0.376 e. The number of thioether (sulfide) groups is 1. The van der Waals surface area contributed by atoms with Crippen molar-refractivity contribution in [2.45, 2.75) is 19.9 Å². The number of rotatable bonds is 6. The minimum Gasteiger partial charge on any atom is -0.376 e. The SMILES string of the molecule is CCSCC(C)Nc1cc2nc[nH]c(=O)c2cc1[N+](=O)[O-]. The van der Waals surface area contributed by atoms with Gasteiger partial charge in [0.05, 0.1) is 22.2 Å². The Morgan fingerprint density at radius 2 is 2.29 bits per heavy atom. The first-order valence-electron chi connectivity index (χ1n) is 6.53. The molecule has 0 aliphatic heterocycles. The molecular weight excluding hydrogens is 292 g/mol. The van der Waals surface area contributed by atoms with E-state index in [9.17, 15) is 14.9 Å². The van der Waals surface area contributed by atoms with Crippen LogP contribution in [0.3, 0.4) is 0 Å². The van der Waals surface area contributed by atoms with Crippen LogP contribution in [0.1, 0.15) is 13.8 Å². The summed E-state index contributed by atoms with van der Waals surface area (Å²) in [5, 5.41) is 14.5. The molecule has 21 heavy (non-hydrogen) atoms. The lowest BCUT2D eigenvalue weighted by Gasteiger charge is -2.15. The highest BCUT2D eigenvalue weighted by Gasteiger charge is 2.18. The Morgan fingerprint density at radius 1 is 1.52 bits per heavy atom. The second-order valence-corrected chi connectivity index (χ2v) is 5.90. The fourth-order valence-electron chi connectivity index (χ4n) is 1.97. The van der Waals surface area contributed by atoms with Gasteiger partial charge in [-0.3, -0.25) is 14.9 Å². The topological polar surface area (TPSA) is 101 Å². The molecule has 0 saturated heterocycles. The van der Waals surface area contributed by atoms with E-state index in [1.54, 1.807) is 17.8 Å². The Hall–Kier alpha value is -2.09. The summed E-state index contributed by atoms with van der Waals surface area (Å²) in [6.07, 6.45) is 1.29. The third-order valence-corrected chi connectivity index (χ3v) is 4.07. The van der Waals surface area contributed by atoms with E-state index in [1.807, 2.05) is 6.92 Å². The molecule has 0 radical (unpaired) electrons. The van der Waals surface area contributed by atoms with E-state index in [0.29, 0.717) is 11.2 Å². The van der Waals surface area contributed by atoms with Crippen molar-refractivity contribution in [2.24, 2.45) is 0 Å². The van der Waals surface area contributed by atoms with Crippen LogP contribution >= 0.6 is 11.8 Å². The number of nitrogens with one attached hydrogen (secondary N) is 2. The lowest BCUT2D eigenvalue weighted by Crippen LogP contribution is -2.19. The molecule has 2 N–H and O–H groups in total. The number of aromatic amines is 1. The van der Waals surface area contributed by atoms with Gasteiger partial charge in [-0.25, -0.2) is 4.98 Å². The first-order chi connectivity index (χ1) is 10.0. The number of hydrogen-bond donors (Lipinski definition) is 2. The predicted octanol–water partition coefficient (Wildman–Crippen LogP) is 2.38. The van der Waals surface area contributed by atoms with Gasteiger partial charge in [0.15, 0.2) is 0 Å². The van der Waals surface area contributed by atoms with Gasteiger partial charge in [0, 0.05) is 17.9 Å². The number of aromatic nitrogens is 2. The van der Waals surface area contributed by atoms with Crippen LogP contribution in [0.4, 0.5) is 11.4 Å². The van der Waals surface area contributed by atoms with Crippen molar-refractivity contribution in [2.75, 3.05) is 16.8 Å². The van der Waals surface area contributed by atoms with E-state index in [0.717, 1.165) is 11.5 Å². The molecule has 2 rings (SSSR count). The first kappa shape index (κ1) is 15.3. The van der Waals surface area contributed by atoms with Crippen LogP contribution in [-0.2, 0) is 0 Å². The van der Waals surface area contributed by atoms with Gasteiger partial charge >= 0.3 is 0 Å². The normalized spacial score (nSPS) is 12.3. The first-order valence-corrected chi connectivity index (χ1v) is 7.68. The number of hydrogen-bond acceptors (Lipinski definition) is 6. The molecule has 0 bridgehead atoms. The zero-order valence-corrected chi connectivity index (χ0v) is 12.6. The summed E-state index contributed by atoms with van der Waals surface area (Å²) in [4.78, 5) is 28.9. The average molecular weight is 308 g/mol. The summed E-state index contributed by atoms with van der Waals surface area (Å²) in [6.45, 7) is 4.02.